The predicted molar refractivity (Wildman–Crippen MR) is 43.8 cm³/mol. The molecule has 0 radical (unpaired) electrons. The van der Waals surface area contributed by atoms with E-state index in [1.165, 1.54) is 0 Å². The number of hydrogen-bond acceptors (Lipinski definition) is 3. The zero-order valence-corrected chi connectivity index (χ0v) is 6.36. The van der Waals surface area contributed by atoms with Gasteiger partial charge in [-0.2, -0.15) is 0 Å². The Labute approximate surface area is 69.0 Å². The van der Waals surface area contributed by atoms with Crippen LogP contribution in [-0.2, 0) is 11.2 Å². The summed E-state index contributed by atoms with van der Waals surface area (Å²) in [6, 6.07) is 3.62. The molecule has 3 nitrogen and oxygen atoms in total. The summed E-state index contributed by atoms with van der Waals surface area (Å²) in [5.41, 5.74) is 2.44. The van der Waals surface area contributed by atoms with E-state index in [-0.39, 0.29) is 0 Å². The molecule has 2 heterocycles. The number of carbonyl (C=O) groups excluding carboxylic acids is 1. The van der Waals surface area contributed by atoms with Crippen LogP contribution in [0.25, 0.3) is 11.1 Å². The molecule has 0 aliphatic heterocycles. The minimum Gasteiger partial charge on any atom is -0.463 e. The Morgan fingerprint density at radius 2 is 2.50 bits per heavy atom. The SMILES string of the molecule is O=CCc1cnc2ccoc2c1. The van der Waals surface area contributed by atoms with Gasteiger partial charge in [0.2, 0.25) is 0 Å². The summed E-state index contributed by atoms with van der Waals surface area (Å²) in [6.07, 6.45) is 4.52. The average Bonchev–Trinajstić information content (AvgIpc) is 2.51. The van der Waals surface area contributed by atoms with E-state index >= 15 is 0 Å². The van der Waals surface area contributed by atoms with Crippen LogP contribution >= 0.6 is 0 Å². The van der Waals surface area contributed by atoms with E-state index in [1.54, 1.807) is 18.5 Å². The summed E-state index contributed by atoms with van der Waals surface area (Å²) >= 11 is 0. The molecule has 0 fully saturated rings. The fraction of sp³-hybridized carbons (Fsp3) is 0.111. The number of furan rings is 1. The maximum absolute atomic E-state index is 10.2. The van der Waals surface area contributed by atoms with Crippen LogP contribution in [0.5, 0.6) is 0 Å². The second-order valence-electron chi connectivity index (χ2n) is 2.52. The van der Waals surface area contributed by atoms with Gasteiger partial charge in [-0.25, -0.2) is 0 Å². The summed E-state index contributed by atoms with van der Waals surface area (Å²) in [6.45, 7) is 0. The number of pyridine rings is 1. The van der Waals surface area contributed by atoms with Crippen molar-refractivity contribution in [3.8, 4) is 0 Å². The molecule has 0 unspecified atom stereocenters. The lowest BCUT2D eigenvalue weighted by atomic mass is 10.2. The Balaban J connectivity index is 2.52. The topological polar surface area (TPSA) is 43.1 Å². The lowest BCUT2D eigenvalue weighted by Gasteiger charge is -1.92. The molecule has 0 N–H and O–H groups in total. The normalized spacial score (nSPS) is 10.3. The molecule has 0 bridgehead atoms. The summed E-state index contributed by atoms with van der Waals surface area (Å²) < 4.78 is 5.13. The number of aromatic nitrogens is 1. The molecule has 60 valence electrons. The third kappa shape index (κ3) is 1.09. The van der Waals surface area contributed by atoms with Crippen molar-refractivity contribution in [2.75, 3.05) is 0 Å². The number of aldehydes is 1. The van der Waals surface area contributed by atoms with Gasteiger partial charge >= 0.3 is 0 Å². The monoisotopic (exact) mass is 161 g/mol. The highest BCUT2D eigenvalue weighted by atomic mass is 16.3. The van der Waals surface area contributed by atoms with Gasteiger partial charge in [-0.15, -0.1) is 0 Å². The first-order chi connectivity index (χ1) is 5.90. The van der Waals surface area contributed by atoms with Crippen molar-refractivity contribution in [1.82, 2.24) is 4.98 Å². The quantitative estimate of drug-likeness (QED) is 0.628. The first-order valence-corrected chi connectivity index (χ1v) is 3.66. The lowest BCUT2D eigenvalue weighted by molar-refractivity contribution is -0.107. The summed E-state index contributed by atoms with van der Waals surface area (Å²) in [5.74, 6) is 0. The molecule has 0 saturated carbocycles. The van der Waals surface area contributed by atoms with E-state index in [2.05, 4.69) is 4.98 Å². The Morgan fingerprint density at radius 1 is 1.58 bits per heavy atom. The second-order valence-corrected chi connectivity index (χ2v) is 2.52. The van der Waals surface area contributed by atoms with Crippen molar-refractivity contribution in [2.45, 2.75) is 6.42 Å². The van der Waals surface area contributed by atoms with Crippen LogP contribution in [0.3, 0.4) is 0 Å². The fourth-order valence-corrected chi connectivity index (χ4v) is 1.09. The van der Waals surface area contributed by atoms with Crippen molar-refractivity contribution in [2.24, 2.45) is 0 Å². The van der Waals surface area contributed by atoms with Crippen molar-refractivity contribution in [3.05, 3.63) is 30.2 Å². The van der Waals surface area contributed by atoms with Crippen molar-refractivity contribution in [3.63, 3.8) is 0 Å². The molecule has 0 saturated heterocycles. The fourth-order valence-electron chi connectivity index (χ4n) is 1.09. The number of nitrogens with zero attached hydrogens (tertiary/aromatic N) is 1. The molecule has 0 aliphatic carbocycles. The van der Waals surface area contributed by atoms with Gasteiger partial charge in [-0.05, 0) is 11.6 Å². The Bertz CT molecular complexity index is 406. The molecular formula is C9H7NO2. The molecule has 0 spiro atoms. The Kier molecular flexibility index (Phi) is 1.63. The maximum Gasteiger partial charge on any atom is 0.152 e. The zero-order valence-electron chi connectivity index (χ0n) is 6.36. The molecule has 2 rings (SSSR count). The van der Waals surface area contributed by atoms with Crippen molar-refractivity contribution in [1.29, 1.82) is 0 Å². The van der Waals surface area contributed by atoms with Crippen LogP contribution < -0.4 is 0 Å². The van der Waals surface area contributed by atoms with Crippen LogP contribution in [0.15, 0.2) is 29.0 Å². The number of hydrogen-bond donors (Lipinski definition) is 0. The summed E-state index contributed by atoms with van der Waals surface area (Å²) in [4.78, 5) is 14.3. The van der Waals surface area contributed by atoms with Crippen LogP contribution in [0.4, 0.5) is 0 Å². The third-order valence-electron chi connectivity index (χ3n) is 1.68. The van der Waals surface area contributed by atoms with Gasteiger partial charge in [0.1, 0.15) is 11.8 Å². The van der Waals surface area contributed by atoms with Crippen molar-refractivity contribution >= 4 is 17.4 Å². The Hall–Kier alpha value is -1.64. The largest absolute Gasteiger partial charge is 0.463 e. The lowest BCUT2D eigenvalue weighted by Crippen LogP contribution is -1.86. The molecule has 12 heavy (non-hydrogen) atoms. The minimum atomic E-state index is 0.392. The number of fused-ring (bicyclic) bond motifs is 1. The average molecular weight is 161 g/mol. The van der Waals surface area contributed by atoms with Crippen LogP contribution in [0.2, 0.25) is 0 Å². The highest BCUT2D eigenvalue weighted by molar-refractivity contribution is 5.73. The van der Waals surface area contributed by atoms with Crippen LogP contribution in [0.1, 0.15) is 5.56 Å². The second kappa shape index (κ2) is 2.77. The van der Waals surface area contributed by atoms with Gasteiger partial charge < -0.3 is 9.21 Å². The number of rotatable bonds is 2. The van der Waals surface area contributed by atoms with Crippen LogP contribution in [-0.4, -0.2) is 11.3 Å². The van der Waals surface area contributed by atoms with Gasteiger partial charge in [0, 0.05) is 18.7 Å². The van der Waals surface area contributed by atoms with Crippen molar-refractivity contribution < 1.29 is 9.21 Å². The van der Waals surface area contributed by atoms with Gasteiger partial charge in [-0.3, -0.25) is 4.98 Å². The molecule has 2 aromatic rings. The van der Waals surface area contributed by atoms with Crippen LogP contribution in [0, 0.1) is 0 Å². The highest BCUT2D eigenvalue weighted by Crippen LogP contribution is 2.13. The summed E-state index contributed by atoms with van der Waals surface area (Å²) in [5, 5.41) is 0. The third-order valence-corrected chi connectivity index (χ3v) is 1.68. The van der Waals surface area contributed by atoms with E-state index in [1.807, 2.05) is 6.07 Å². The molecule has 3 heteroatoms. The maximum atomic E-state index is 10.2. The smallest absolute Gasteiger partial charge is 0.152 e. The van der Waals surface area contributed by atoms with Gasteiger partial charge in [0.15, 0.2) is 5.58 Å². The first-order valence-electron chi connectivity index (χ1n) is 3.66. The van der Waals surface area contributed by atoms with Gasteiger partial charge in [0.25, 0.3) is 0 Å². The van der Waals surface area contributed by atoms with E-state index < -0.39 is 0 Å². The molecule has 0 aromatic carbocycles. The van der Waals surface area contributed by atoms with E-state index in [4.69, 9.17) is 4.42 Å². The van der Waals surface area contributed by atoms with E-state index in [0.29, 0.717) is 6.42 Å². The van der Waals surface area contributed by atoms with Gasteiger partial charge in [-0.1, -0.05) is 0 Å². The molecule has 0 amide bonds. The Morgan fingerprint density at radius 3 is 3.33 bits per heavy atom. The van der Waals surface area contributed by atoms with Gasteiger partial charge in [0.05, 0.1) is 6.26 Å². The molecule has 0 atom stereocenters. The summed E-state index contributed by atoms with van der Waals surface area (Å²) in [7, 11) is 0. The van der Waals surface area contributed by atoms with E-state index in [9.17, 15) is 4.79 Å². The first kappa shape index (κ1) is 7.03. The zero-order chi connectivity index (χ0) is 8.39. The predicted octanol–water partition coefficient (Wildman–Crippen LogP) is 1.57. The highest BCUT2D eigenvalue weighted by Gasteiger charge is 1.98. The number of carbonyl (C=O) groups is 1. The molecular weight excluding hydrogens is 154 g/mol. The minimum absolute atomic E-state index is 0.392. The molecule has 2 aromatic heterocycles. The van der Waals surface area contributed by atoms with E-state index in [0.717, 1.165) is 22.9 Å². The standard InChI is InChI=1S/C9H7NO2/c11-3-1-7-5-9-8(10-6-7)2-4-12-9/h2-6H,1H2. The molecule has 0 aliphatic rings.